The van der Waals surface area contributed by atoms with E-state index >= 15 is 0 Å². The molecule has 1 saturated carbocycles. The molecule has 1 amide bonds. The van der Waals surface area contributed by atoms with E-state index in [0.717, 1.165) is 24.0 Å². The number of carbonyl (C=O) groups is 2. The van der Waals surface area contributed by atoms with Crippen LogP contribution in [0.25, 0.3) is 0 Å². The average molecular weight is 431 g/mol. The molecule has 0 aliphatic heterocycles. The van der Waals surface area contributed by atoms with Gasteiger partial charge in [0.25, 0.3) is 10.0 Å². The van der Waals surface area contributed by atoms with E-state index in [0.29, 0.717) is 24.2 Å². The number of hydrogen-bond donors (Lipinski definition) is 3. The lowest BCUT2D eigenvalue weighted by Crippen LogP contribution is -2.36. The third-order valence-corrected chi connectivity index (χ3v) is 6.86. The highest BCUT2D eigenvalue weighted by molar-refractivity contribution is 7.92. The Bertz CT molecular complexity index is 1050. The van der Waals surface area contributed by atoms with Crippen LogP contribution in [-0.4, -0.2) is 25.4 Å². The quantitative estimate of drug-likeness (QED) is 0.643. The molecule has 0 unspecified atom stereocenters. The monoisotopic (exact) mass is 430 g/mol. The third kappa shape index (κ3) is 4.99. The van der Waals surface area contributed by atoms with Crippen LogP contribution in [0.5, 0.6) is 0 Å². The summed E-state index contributed by atoms with van der Waals surface area (Å²) in [6.45, 7) is 3.77. The summed E-state index contributed by atoms with van der Waals surface area (Å²) in [5.41, 5.74) is 2.80. The Kier molecular flexibility index (Phi) is 6.45. The van der Waals surface area contributed by atoms with Crippen LogP contribution in [0.3, 0.4) is 0 Å². The van der Waals surface area contributed by atoms with Crippen LogP contribution in [0.1, 0.15) is 36.8 Å². The van der Waals surface area contributed by atoms with Gasteiger partial charge in [-0.3, -0.25) is 14.3 Å². The van der Waals surface area contributed by atoms with Gasteiger partial charge in [-0.2, -0.15) is 0 Å². The maximum Gasteiger partial charge on any atom is 0.307 e. The van der Waals surface area contributed by atoms with Crippen LogP contribution in [0.15, 0.2) is 47.4 Å². The summed E-state index contributed by atoms with van der Waals surface area (Å²) in [4.78, 5) is 24.1. The predicted molar refractivity (Wildman–Crippen MR) is 115 cm³/mol. The number of amides is 1. The van der Waals surface area contributed by atoms with Crippen LogP contribution >= 0.6 is 0 Å². The van der Waals surface area contributed by atoms with Gasteiger partial charge in [0.1, 0.15) is 0 Å². The molecule has 2 aromatic carbocycles. The van der Waals surface area contributed by atoms with Crippen molar-refractivity contribution in [1.29, 1.82) is 0 Å². The van der Waals surface area contributed by atoms with Gasteiger partial charge in [0, 0.05) is 5.69 Å². The van der Waals surface area contributed by atoms with Gasteiger partial charge in [-0.25, -0.2) is 8.42 Å². The maximum atomic E-state index is 12.7. The molecule has 0 saturated heterocycles. The summed E-state index contributed by atoms with van der Waals surface area (Å²) in [5.74, 6) is -2.55. The Balaban J connectivity index is 1.71. The van der Waals surface area contributed by atoms with Crippen molar-refractivity contribution < 1.29 is 23.1 Å². The fourth-order valence-corrected chi connectivity index (χ4v) is 4.96. The number of aliphatic carboxylic acids is 1. The first-order valence-electron chi connectivity index (χ1n) is 9.91. The average Bonchev–Trinajstić information content (AvgIpc) is 2.70. The van der Waals surface area contributed by atoms with E-state index in [1.54, 1.807) is 6.07 Å². The first kappa shape index (κ1) is 21.8. The fourth-order valence-electron chi connectivity index (χ4n) is 3.82. The lowest BCUT2D eigenvalue weighted by atomic mass is 9.78. The molecule has 7 nitrogen and oxygen atoms in total. The number of carboxylic acids is 1. The number of carboxylic acid groups (broad SMARTS) is 1. The Morgan fingerprint density at radius 3 is 2.20 bits per heavy atom. The Labute approximate surface area is 176 Å². The van der Waals surface area contributed by atoms with Gasteiger partial charge in [0.05, 0.1) is 22.4 Å². The van der Waals surface area contributed by atoms with E-state index in [1.807, 2.05) is 26.0 Å². The van der Waals surface area contributed by atoms with Crippen LogP contribution < -0.4 is 10.0 Å². The van der Waals surface area contributed by atoms with E-state index in [-0.39, 0.29) is 10.8 Å². The first-order chi connectivity index (χ1) is 14.2. The molecule has 3 rings (SSSR count). The van der Waals surface area contributed by atoms with Crippen molar-refractivity contribution in [2.24, 2.45) is 11.8 Å². The number of carbonyl (C=O) groups excluding carboxylic acids is 1. The van der Waals surface area contributed by atoms with Gasteiger partial charge >= 0.3 is 5.97 Å². The van der Waals surface area contributed by atoms with E-state index in [2.05, 4.69) is 10.0 Å². The maximum absolute atomic E-state index is 12.7. The highest BCUT2D eigenvalue weighted by atomic mass is 32.2. The minimum absolute atomic E-state index is 0.0709. The summed E-state index contributed by atoms with van der Waals surface area (Å²) in [6, 6.07) is 11.3. The summed E-state index contributed by atoms with van der Waals surface area (Å²) in [7, 11) is -3.77. The van der Waals surface area contributed by atoms with E-state index in [9.17, 15) is 23.1 Å². The Morgan fingerprint density at radius 2 is 1.60 bits per heavy atom. The Hall–Kier alpha value is -2.87. The van der Waals surface area contributed by atoms with Gasteiger partial charge in [-0.15, -0.1) is 0 Å². The summed E-state index contributed by atoms with van der Waals surface area (Å²) < 4.78 is 27.9. The number of rotatable bonds is 6. The first-order valence-corrected chi connectivity index (χ1v) is 11.4. The van der Waals surface area contributed by atoms with Crippen molar-refractivity contribution in [3.63, 3.8) is 0 Å². The van der Waals surface area contributed by atoms with E-state index in [1.165, 1.54) is 24.3 Å². The molecular formula is C22H26N2O5S. The fraction of sp³-hybridized carbons (Fsp3) is 0.364. The van der Waals surface area contributed by atoms with Crippen molar-refractivity contribution in [2.45, 2.75) is 44.4 Å². The second kappa shape index (κ2) is 8.87. The van der Waals surface area contributed by atoms with Crippen LogP contribution in [0.2, 0.25) is 0 Å². The lowest BCUT2D eigenvalue weighted by Gasteiger charge is -2.27. The predicted octanol–water partition coefficient (Wildman–Crippen LogP) is 3.93. The van der Waals surface area contributed by atoms with Crippen molar-refractivity contribution in [3.8, 4) is 0 Å². The molecule has 0 bridgehead atoms. The molecule has 0 radical (unpaired) electrons. The Morgan fingerprint density at radius 1 is 0.967 bits per heavy atom. The SMILES string of the molecule is Cc1ccc(NS(=O)(=O)c2ccc(NC(=O)[C@H]3CCCC[C@@H]3C(=O)O)cc2)c(C)c1. The summed E-state index contributed by atoms with van der Waals surface area (Å²) >= 11 is 0. The van der Waals surface area contributed by atoms with Gasteiger partial charge < -0.3 is 10.4 Å². The van der Waals surface area contributed by atoms with Crippen LogP contribution in [-0.2, 0) is 19.6 Å². The van der Waals surface area contributed by atoms with Gasteiger partial charge in [-0.1, -0.05) is 30.5 Å². The van der Waals surface area contributed by atoms with Crippen molar-refractivity contribution >= 4 is 33.3 Å². The molecule has 1 aliphatic carbocycles. The second-order valence-corrected chi connectivity index (χ2v) is 9.46. The zero-order valence-electron chi connectivity index (χ0n) is 17.0. The van der Waals surface area contributed by atoms with Gasteiger partial charge in [-0.05, 0) is 62.6 Å². The highest BCUT2D eigenvalue weighted by Gasteiger charge is 2.35. The number of hydrogen-bond acceptors (Lipinski definition) is 4. The molecule has 30 heavy (non-hydrogen) atoms. The van der Waals surface area contributed by atoms with Crippen molar-refractivity contribution in [2.75, 3.05) is 10.0 Å². The van der Waals surface area contributed by atoms with Crippen molar-refractivity contribution in [3.05, 3.63) is 53.6 Å². The molecule has 2 aromatic rings. The van der Waals surface area contributed by atoms with E-state index < -0.39 is 27.8 Å². The highest BCUT2D eigenvalue weighted by Crippen LogP contribution is 2.31. The molecule has 0 aromatic heterocycles. The molecule has 8 heteroatoms. The minimum Gasteiger partial charge on any atom is -0.481 e. The molecule has 3 N–H and O–H groups in total. The molecule has 1 aliphatic rings. The standard InChI is InChI=1S/C22H26N2O5S/c1-14-7-12-20(15(2)13-14)24-30(28,29)17-10-8-16(9-11-17)23-21(25)18-5-3-4-6-19(18)22(26)27/h7-13,18-19,24H,3-6H2,1-2H3,(H,23,25)(H,26,27)/t18-,19-/m0/s1. The van der Waals surface area contributed by atoms with Gasteiger partial charge in [0.2, 0.25) is 5.91 Å². The second-order valence-electron chi connectivity index (χ2n) is 7.77. The van der Waals surface area contributed by atoms with Crippen LogP contribution in [0.4, 0.5) is 11.4 Å². The molecule has 160 valence electrons. The molecule has 0 spiro atoms. The zero-order valence-corrected chi connectivity index (χ0v) is 17.8. The van der Waals surface area contributed by atoms with Crippen molar-refractivity contribution in [1.82, 2.24) is 0 Å². The van der Waals surface area contributed by atoms with Gasteiger partial charge in [0.15, 0.2) is 0 Å². The largest absolute Gasteiger partial charge is 0.481 e. The number of aryl methyl sites for hydroxylation is 2. The number of nitrogens with one attached hydrogen (secondary N) is 2. The topological polar surface area (TPSA) is 113 Å². The number of anilines is 2. The third-order valence-electron chi connectivity index (χ3n) is 5.48. The minimum atomic E-state index is -3.77. The van der Waals surface area contributed by atoms with Crippen LogP contribution in [0, 0.1) is 25.7 Å². The summed E-state index contributed by atoms with van der Waals surface area (Å²) in [5, 5.41) is 12.1. The summed E-state index contributed by atoms with van der Waals surface area (Å²) in [6.07, 6.45) is 2.66. The number of sulfonamides is 1. The van der Waals surface area contributed by atoms with E-state index in [4.69, 9.17) is 0 Å². The molecule has 0 heterocycles. The molecule has 2 atom stereocenters. The molecule has 1 fully saturated rings. The smallest absolute Gasteiger partial charge is 0.307 e. The number of benzene rings is 2. The normalized spacial score (nSPS) is 19.1. The molecular weight excluding hydrogens is 404 g/mol. The zero-order chi connectivity index (χ0) is 21.9. The lowest BCUT2D eigenvalue weighted by molar-refractivity contribution is -0.147.